The molecule has 0 radical (unpaired) electrons. The van der Waals surface area contributed by atoms with Crippen LogP contribution >= 0.6 is 11.3 Å². The minimum Gasteiger partial charge on any atom is -0.497 e. The number of amides is 1. The molecule has 11 heteroatoms. The SMILES string of the molecule is CCOC(=O)c1c(NC(=O)CN(c2ccc(OC)cc2OC)S(C)(=O)=O)sc2c1CCCC2. The lowest BCUT2D eigenvalue weighted by molar-refractivity contribution is -0.114. The molecule has 33 heavy (non-hydrogen) atoms. The minimum atomic E-state index is -3.83. The highest BCUT2D eigenvalue weighted by Gasteiger charge is 2.29. The van der Waals surface area contributed by atoms with E-state index in [1.807, 2.05) is 0 Å². The number of hydrogen-bond donors (Lipinski definition) is 1. The number of anilines is 2. The molecule has 2 aromatic rings. The highest BCUT2D eigenvalue weighted by molar-refractivity contribution is 7.92. The second kappa shape index (κ2) is 10.4. The van der Waals surface area contributed by atoms with Crippen LogP contribution in [-0.2, 0) is 32.4 Å². The number of esters is 1. The van der Waals surface area contributed by atoms with E-state index >= 15 is 0 Å². The van der Waals surface area contributed by atoms with E-state index in [2.05, 4.69) is 5.32 Å². The van der Waals surface area contributed by atoms with Crippen molar-refractivity contribution in [2.75, 3.05) is 43.2 Å². The fourth-order valence-electron chi connectivity index (χ4n) is 3.74. The number of fused-ring (bicyclic) bond motifs is 1. The lowest BCUT2D eigenvalue weighted by atomic mass is 9.95. The molecule has 3 rings (SSSR count). The quantitative estimate of drug-likeness (QED) is 0.531. The van der Waals surface area contributed by atoms with Gasteiger partial charge in [-0.2, -0.15) is 0 Å². The van der Waals surface area contributed by atoms with Crippen molar-refractivity contribution in [1.82, 2.24) is 0 Å². The van der Waals surface area contributed by atoms with Gasteiger partial charge in [-0.25, -0.2) is 13.2 Å². The second-order valence-corrected chi connectivity index (χ2v) is 10.5. The molecule has 1 N–H and O–H groups in total. The number of benzene rings is 1. The topological polar surface area (TPSA) is 111 Å². The Morgan fingerprint density at radius 2 is 1.88 bits per heavy atom. The van der Waals surface area contributed by atoms with Crippen LogP contribution in [0.25, 0.3) is 0 Å². The Hall–Kier alpha value is -2.79. The van der Waals surface area contributed by atoms with Crippen molar-refractivity contribution in [2.45, 2.75) is 32.6 Å². The number of aryl methyl sites for hydroxylation is 1. The summed E-state index contributed by atoms with van der Waals surface area (Å²) < 4.78 is 41.8. The first-order valence-electron chi connectivity index (χ1n) is 10.5. The van der Waals surface area contributed by atoms with Gasteiger partial charge in [0.1, 0.15) is 23.0 Å². The van der Waals surface area contributed by atoms with Crippen molar-refractivity contribution in [1.29, 1.82) is 0 Å². The molecule has 1 aromatic carbocycles. The number of nitrogens with one attached hydrogen (secondary N) is 1. The number of methoxy groups -OCH3 is 2. The third kappa shape index (κ3) is 5.59. The molecule has 0 spiro atoms. The van der Waals surface area contributed by atoms with Crippen molar-refractivity contribution < 1.29 is 32.2 Å². The Kier molecular flexibility index (Phi) is 7.85. The van der Waals surface area contributed by atoms with E-state index in [0.29, 0.717) is 16.3 Å². The maximum atomic E-state index is 13.0. The zero-order chi connectivity index (χ0) is 24.2. The van der Waals surface area contributed by atoms with Crippen LogP contribution in [0.4, 0.5) is 10.7 Å². The van der Waals surface area contributed by atoms with Crippen LogP contribution in [0, 0.1) is 0 Å². The lowest BCUT2D eigenvalue weighted by Crippen LogP contribution is -2.37. The molecule has 0 atom stereocenters. The maximum Gasteiger partial charge on any atom is 0.341 e. The zero-order valence-corrected chi connectivity index (χ0v) is 20.7. The standard InChI is InChI=1S/C22H28N2O7S2/c1-5-31-22(26)20-15-8-6-7-9-18(15)32-21(20)23-19(25)13-24(33(4,27)28)16-11-10-14(29-2)12-17(16)30-3/h10-12H,5-9,13H2,1-4H3,(H,23,25). The van der Waals surface area contributed by atoms with Gasteiger partial charge in [-0.05, 0) is 50.3 Å². The van der Waals surface area contributed by atoms with Crippen LogP contribution < -0.4 is 19.1 Å². The van der Waals surface area contributed by atoms with E-state index in [1.165, 1.54) is 37.7 Å². The predicted octanol–water partition coefficient (Wildman–Crippen LogP) is 3.23. The molecule has 1 aliphatic carbocycles. The van der Waals surface area contributed by atoms with Gasteiger partial charge in [-0.1, -0.05) is 0 Å². The van der Waals surface area contributed by atoms with E-state index in [4.69, 9.17) is 14.2 Å². The molecule has 0 bridgehead atoms. The number of carbonyl (C=O) groups excluding carboxylic acids is 2. The van der Waals surface area contributed by atoms with Gasteiger partial charge >= 0.3 is 5.97 Å². The summed E-state index contributed by atoms with van der Waals surface area (Å²) in [6.07, 6.45) is 4.57. The fraction of sp³-hybridized carbons (Fsp3) is 0.455. The van der Waals surface area contributed by atoms with Gasteiger partial charge in [-0.15, -0.1) is 11.3 Å². The molecule has 1 aliphatic rings. The molecule has 1 aromatic heterocycles. The van der Waals surface area contributed by atoms with E-state index in [0.717, 1.165) is 46.7 Å². The minimum absolute atomic E-state index is 0.201. The van der Waals surface area contributed by atoms with Gasteiger partial charge in [0.15, 0.2) is 0 Å². The fourth-order valence-corrected chi connectivity index (χ4v) is 5.90. The van der Waals surface area contributed by atoms with E-state index in [9.17, 15) is 18.0 Å². The second-order valence-electron chi connectivity index (χ2n) is 7.49. The molecule has 1 heterocycles. The third-order valence-electron chi connectivity index (χ3n) is 5.25. The zero-order valence-electron chi connectivity index (χ0n) is 19.1. The van der Waals surface area contributed by atoms with Gasteiger partial charge < -0.3 is 19.5 Å². The Balaban J connectivity index is 1.91. The molecule has 1 amide bonds. The number of carbonyl (C=O) groups is 2. The Morgan fingerprint density at radius 3 is 2.52 bits per heavy atom. The summed E-state index contributed by atoms with van der Waals surface area (Å²) >= 11 is 1.35. The molecule has 0 saturated heterocycles. The first-order valence-corrected chi connectivity index (χ1v) is 13.2. The van der Waals surface area contributed by atoms with Crippen molar-refractivity contribution in [3.8, 4) is 11.5 Å². The molecule has 180 valence electrons. The Labute approximate surface area is 197 Å². The van der Waals surface area contributed by atoms with E-state index < -0.39 is 28.4 Å². The highest BCUT2D eigenvalue weighted by atomic mass is 32.2. The van der Waals surface area contributed by atoms with Crippen molar-refractivity contribution in [3.05, 3.63) is 34.2 Å². The summed E-state index contributed by atoms with van der Waals surface area (Å²) in [6, 6.07) is 4.64. The average molecular weight is 497 g/mol. The van der Waals surface area contributed by atoms with Crippen molar-refractivity contribution in [3.63, 3.8) is 0 Å². The van der Waals surface area contributed by atoms with Crippen LogP contribution in [0.3, 0.4) is 0 Å². The van der Waals surface area contributed by atoms with Gasteiger partial charge in [0.2, 0.25) is 15.9 Å². The number of hydrogen-bond acceptors (Lipinski definition) is 8. The van der Waals surface area contributed by atoms with Gasteiger partial charge in [0.05, 0.1) is 38.3 Å². The first-order chi connectivity index (χ1) is 15.7. The molecular formula is C22H28N2O7S2. The number of nitrogens with zero attached hydrogens (tertiary/aromatic N) is 1. The third-order valence-corrected chi connectivity index (χ3v) is 7.58. The van der Waals surface area contributed by atoms with Crippen molar-refractivity contribution in [2.24, 2.45) is 0 Å². The summed E-state index contributed by atoms with van der Waals surface area (Å²) in [5.74, 6) is -0.338. The number of rotatable bonds is 9. The molecule has 0 fully saturated rings. The predicted molar refractivity (Wildman–Crippen MR) is 127 cm³/mol. The van der Waals surface area contributed by atoms with Crippen LogP contribution in [0.1, 0.15) is 40.6 Å². The largest absolute Gasteiger partial charge is 0.497 e. The molecule has 9 nitrogen and oxygen atoms in total. The summed E-state index contributed by atoms with van der Waals surface area (Å²) in [5, 5.41) is 3.14. The maximum absolute atomic E-state index is 13.0. The van der Waals surface area contributed by atoms with E-state index in [1.54, 1.807) is 13.0 Å². The van der Waals surface area contributed by atoms with Gasteiger partial charge in [0, 0.05) is 10.9 Å². The molecular weight excluding hydrogens is 468 g/mol. The normalized spacial score (nSPS) is 13.1. The first kappa shape index (κ1) is 24.8. The Morgan fingerprint density at radius 1 is 1.15 bits per heavy atom. The highest BCUT2D eigenvalue weighted by Crippen LogP contribution is 2.39. The number of thiophene rings is 1. The van der Waals surface area contributed by atoms with Crippen LogP contribution in [0.5, 0.6) is 11.5 Å². The summed E-state index contributed by atoms with van der Waals surface area (Å²) in [5.41, 5.74) is 1.49. The van der Waals surface area contributed by atoms with Crippen molar-refractivity contribution >= 4 is 43.9 Å². The summed E-state index contributed by atoms with van der Waals surface area (Å²) in [4.78, 5) is 26.7. The summed E-state index contributed by atoms with van der Waals surface area (Å²) in [7, 11) is -0.944. The van der Waals surface area contributed by atoms with Crippen LogP contribution in [-0.4, -0.2) is 53.9 Å². The van der Waals surface area contributed by atoms with Gasteiger partial charge in [0.25, 0.3) is 0 Å². The van der Waals surface area contributed by atoms with Gasteiger partial charge in [-0.3, -0.25) is 9.10 Å². The molecule has 0 saturated carbocycles. The Bertz CT molecular complexity index is 1140. The monoisotopic (exact) mass is 496 g/mol. The van der Waals surface area contributed by atoms with E-state index in [-0.39, 0.29) is 18.0 Å². The van der Waals surface area contributed by atoms with Crippen LogP contribution in [0.15, 0.2) is 18.2 Å². The van der Waals surface area contributed by atoms with Crippen LogP contribution in [0.2, 0.25) is 0 Å². The lowest BCUT2D eigenvalue weighted by Gasteiger charge is -2.24. The molecule has 0 unspecified atom stereocenters. The number of sulfonamides is 1. The average Bonchev–Trinajstić information content (AvgIpc) is 3.14. The molecule has 0 aliphatic heterocycles. The summed E-state index contributed by atoms with van der Waals surface area (Å²) in [6.45, 7) is 1.45. The smallest absolute Gasteiger partial charge is 0.341 e. The number of ether oxygens (including phenoxy) is 3.